The molecule has 1 heterocycles. The van der Waals surface area contributed by atoms with Crippen LogP contribution < -0.4 is 0 Å². The molecule has 1 saturated heterocycles. The van der Waals surface area contributed by atoms with E-state index in [2.05, 4.69) is 15.4 Å². The summed E-state index contributed by atoms with van der Waals surface area (Å²) in [5.74, 6) is 0.396. The van der Waals surface area contributed by atoms with Crippen molar-refractivity contribution in [2.45, 2.75) is 31.2 Å². The highest BCUT2D eigenvalue weighted by molar-refractivity contribution is 5.75. The second-order valence-corrected chi connectivity index (χ2v) is 3.81. The van der Waals surface area contributed by atoms with Crippen molar-refractivity contribution < 1.29 is 28.5 Å². The number of hydrogen-bond acceptors (Lipinski definition) is 6. The molecule has 0 aromatic heterocycles. The van der Waals surface area contributed by atoms with E-state index in [1.807, 2.05) is 0 Å². The number of carbonyl (C=O) groups excluding carboxylic acids is 2. The van der Waals surface area contributed by atoms with Crippen molar-refractivity contribution in [2.24, 2.45) is 0 Å². The van der Waals surface area contributed by atoms with Gasteiger partial charge in [-0.25, -0.2) is 4.79 Å². The van der Waals surface area contributed by atoms with Crippen LogP contribution >= 0.6 is 0 Å². The Balaban J connectivity index is 2.63. The maximum atomic E-state index is 11.3. The van der Waals surface area contributed by atoms with Gasteiger partial charge in [-0.15, -0.1) is 12.3 Å². The third kappa shape index (κ3) is 3.45. The smallest absolute Gasteiger partial charge is 0.337 e. The molecule has 0 aromatic rings. The van der Waals surface area contributed by atoms with Gasteiger partial charge in [-0.2, -0.15) is 0 Å². The van der Waals surface area contributed by atoms with Crippen LogP contribution in [0.2, 0.25) is 0 Å². The van der Waals surface area contributed by atoms with Crippen LogP contribution in [0.5, 0.6) is 0 Å². The van der Waals surface area contributed by atoms with Gasteiger partial charge < -0.3 is 18.9 Å². The van der Waals surface area contributed by atoms with Gasteiger partial charge >= 0.3 is 11.9 Å². The number of methoxy groups -OCH3 is 2. The molecule has 0 N–H and O–H groups in total. The van der Waals surface area contributed by atoms with Crippen LogP contribution in [-0.4, -0.2) is 44.7 Å². The Hall–Kier alpha value is -1.58. The zero-order valence-electron chi connectivity index (χ0n) is 10.4. The van der Waals surface area contributed by atoms with Crippen molar-refractivity contribution in [1.82, 2.24) is 0 Å². The van der Waals surface area contributed by atoms with Crippen LogP contribution in [0, 0.1) is 12.3 Å². The highest BCUT2D eigenvalue weighted by atomic mass is 16.8. The van der Waals surface area contributed by atoms with E-state index >= 15 is 0 Å². The minimum absolute atomic E-state index is 0.0650. The van der Waals surface area contributed by atoms with Gasteiger partial charge in [-0.1, -0.05) is 0 Å². The number of hydrogen-bond donors (Lipinski definition) is 0. The number of esters is 2. The van der Waals surface area contributed by atoms with Crippen molar-refractivity contribution in [1.29, 1.82) is 0 Å². The summed E-state index contributed by atoms with van der Waals surface area (Å²) < 4.78 is 20.0. The van der Waals surface area contributed by atoms with Gasteiger partial charge in [0.1, 0.15) is 0 Å². The lowest BCUT2D eigenvalue weighted by Gasteiger charge is -2.25. The fourth-order valence-electron chi connectivity index (χ4n) is 1.66. The van der Waals surface area contributed by atoms with E-state index < -0.39 is 17.9 Å². The van der Waals surface area contributed by atoms with E-state index in [9.17, 15) is 9.59 Å². The maximum absolute atomic E-state index is 11.3. The van der Waals surface area contributed by atoms with Gasteiger partial charge in [0.05, 0.1) is 33.7 Å². The topological polar surface area (TPSA) is 71.1 Å². The average molecular weight is 256 g/mol. The molecule has 18 heavy (non-hydrogen) atoms. The first-order chi connectivity index (χ1) is 8.56. The van der Waals surface area contributed by atoms with Crippen LogP contribution in [0.4, 0.5) is 0 Å². The summed E-state index contributed by atoms with van der Waals surface area (Å²) >= 11 is 0. The SMILES string of the molecule is C#CC[C@]1(CCC(=O)OC)OC[C@@H](C(=O)OC)O1. The Morgan fingerprint density at radius 2 is 2.17 bits per heavy atom. The minimum Gasteiger partial charge on any atom is -0.469 e. The van der Waals surface area contributed by atoms with E-state index in [1.165, 1.54) is 14.2 Å². The van der Waals surface area contributed by atoms with Crippen molar-refractivity contribution in [2.75, 3.05) is 20.8 Å². The Kier molecular flexibility index (Phi) is 5.13. The first-order valence-corrected chi connectivity index (χ1v) is 5.47. The molecule has 0 aromatic carbocycles. The second kappa shape index (κ2) is 6.38. The van der Waals surface area contributed by atoms with Crippen LogP contribution in [0.15, 0.2) is 0 Å². The van der Waals surface area contributed by atoms with Crippen molar-refractivity contribution in [3.8, 4) is 12.3 Å². The van der Waals surface area contributed by atoms with E-state index in [-0.39, 0.29) is 31.8 Å². The summed E-state index contributed by atoms with van der Waals surface area (Å²) in [6.07, 6.45) is 4.93. The lowest BCUT2D eigenvalue weighted by atomic mass is 10.1. The molecule has 0 spiro atoms. The molecule has 2 atom stereocenters. The molecule has 6 heteroatoms. The first-order valence-electron chi connectivity index (χ1n) is 5.47. The highest BCUT2D eigenvalue weighted by Crippen LogP contribution is 2.32. The zero-order chi connectivity index (χ0) is 13.6. The van der Waals surface area contributed by atoms with Crippen LogP contribution in [0.3, 0.4) is 0 Å². The molecular weight excluding hydrogens is 240 g/mol. The minimum atomic E-state index is -1.11. The van der Waals surface area contributed by atoms with Gasteiger partial charge in [-0.05, 0) is 0 Å². The molecule has 1 rings (SSSR count). The van der Waals surface area contributed by atoms with Crippen LogP contribution in [-0.2, 0) is 28.5 Å². The lowest BCUT2D eigenvalue weighted by molar-refractivity contribution is -0.185. The predicted octanol–water partition coefficient (Wildman–Crippen LogP) is 0.248. The Labute approximate surface area is 106 Å². The summed E-state index contributed by atoms with van der Waals surface area (Å²) in [6, 6.07) is 0. The van der Waals surface area contributed by atoms with Crippen LogP contribution in [0.25, 0.3) is 0 Å². The molecule has 1 aliphatic heterocycles. The molecule has 0 unspecified atom stereocenters. The largest absolute Gasteiger partial charge is 0.469 e. The van der Waals surface area contributed by atoms with Crippen LogP contribution in [0.1, 0.15) is 19.3 Å². The number of ether oxygens (including phenoxy) is 4. The maximum Gasteiger partial charge on any atom is 0.337 e. The van der Waals surface area contributed by atoms with E-state index in [1.54, 1.807) is 0 Å². The predicted molar refractivity (Wildman–Crippen MR) is 60.3 cm³/mol. The van der Waals surface area contributed by atoms with Gasteiger partial charge in [0.2, 0.25) is 0 Å². The molecule has 6 nitrogen and oxygen atoms in total. The zero-order valence-corrected chi connectivity index (χ0v) is 10.4. The van der Waals surface area contributed by atoms with E-state index in [4.69, 9.17) is 15.9 Å². The normalized spacial score (nSPS) is 26.4. The van der Waals surface area contributed by atoms with Crippen molar-refractivity contribution >= 4 is 11.9 Å². The van der Waals surface area contributed by atoms with Gasteiger partial charge in [0.25, 0.3) is 0 Å². The fourth-order valence-corrected chi connectivity index (χ4v) is 1.66. The molecule has 0 aliphatic carbocycles. The van der Waals surface area contributed by atoms with Crippen molar-refractivity contribution in [3.63, 3.8) is 0 Å². The van der Waals surface area contributed by atoms with E-state index in [0.29, 0.717) is 0 Å². The van der Waals surface area contributed by atoms with Gasteiger partial charge in [0, 0.05) is 6.42 Å². The number of carbonyl (C=O) groups is 2. The standard InChI is InChI=1S/C12H16O6/c1-4-6-12(7-5-10(13)15-2)17-8-9(18-12)11(14)16-3/h1,9H,5-8H2,2-3H3/t9-,12-/m0/s1. The molecule has 100 valence electrons. The Morgan fingerprint density at radius 1 is 1.44 bits per heavy atom. The summed E-state index contributed by atoms with van der Waals surface area (Å²) in [5.41, 5.74) is 0. The highest BCUT2D eigenvalue weighted by Gasteiger charge is 2.44. The monoisotopic (exact) mass is 256 g/mol. The third-order valence-corrected chi connectivity index (χ3v) is 2.63. The molecular formula is C12H16O6. The van der Waals surface area contributed by atoms with E-state index in [0.717, 1.165) is 0 Å². The molecule has 1 fully saturated rings. The van der Waals surface area contributed by atoms with Crippen molar-refractivity contribution in [3.05, 3.63) is 0 Å². The quantitative estimate of drug-likeness (QED) is 0.518. The summed E-state index contributed by atoms with van der Waals surface area (Å²) in [5, 5.41) is 0. The Morgan fingerprint density at radius 3 is 2.72 bits per heavy atom. The summed E-state index contributed by atoms with van der Waals surface area (Å²) in [7, 11) is 2.56. The first kappa shape index (κ1) is 14.5. The third-order valence-electron chi connectivity index (χ3n) is 2.63. The summed E-state index contributed by atoms with van der Waals surface area (Å²) in [4.78, 5) is 22.4. The molecule has 0 saturated carbocycles. The Bertz CT molecular complexity index is 358. The lowest BCUT2D eigenvalue weighted by Crippen LogP contribution is -2.33. The summed E-state index contributed by atoms with van der Waals surface area (Å²) in [6.45, 7) is 0.0650. The average Bonchev–Trinajstić information content (AvgIpc) is 2.80. The number of terminal acetylenes is 1. The fraction of sp³-hybridized carbons (Fsp3) is 0.667. The molecule has 0 bridgehead atoms. The molecule has 1 aliphatic rings. The molecule has 0 radical (unpaired) electrons. The second-order valence-electron chi connectivity index (χ2n) is 3.81. The number of rotatable bonds is 5. The van der Waals surface area contributed by atoms with Gasteiger partial charge in [0.15, 0.2) is 11.9 Å². The molecule has 0 amide bonds. The van der Waals surface area contributed by atoms with Gasteiger partial charge in [-0.3, -0.25) is 4.79 Å².